The number of ether oxygens (including phenoxy) is 1. The van der Waals surface area contributed by atoms with Crippen molar-refractivity contribution >= 4 is 22.7 Å². The van der Waals surface area contributed by atoms with Crippen molar-refractivity contribution in [2.24, 2.45) is 0 Å². The van der Waals surface area contributed by atoms with Gasteiger partial charge in [0.1, 0.15) is 6.10 Å². The van der Waals surface area contributed by atoms with E-state index in [0.717, 1.165) is 16.5 Å². The zero-order chi connectivity index (χ0) is 20.2. The van der Waals surface area contributed by atoms with Gasteiger partial charge in [-0.2, -0.15) is 0 Å². The zero-order valence-electron chi connectivity index (χ0n) is 16.3. The molecule has 6 heteroatoms. The normalized spacial score (nSPS) is 16.6. The van der Waals surface area contributed by atoms with Crippen LogP contribution in [-0.2, 0) is 16.0 Å². The van der Waals surface area contributed by atoms with Gasteiger partial charge in [-0.25, -0.2) is 4.98 Å². The van der Waals surface area contributed by atoms with E-state index in [1.54, 1.807) is 13.1 Å². The maximum Gasteiger partial charge on any atom is 0.251 e. The van der Waals surface area contributed by atoms with Crippen LogP contribution < -0.4 is 5.32 Å². The summed E-state index contributed by atoms with van der Waals surface area (Å²) in [6.07, 6.45) is -0.00107. The van der Waals surface area contributed by atoms with E-state index in [2.05, 4.69) is 5.32 Å². The molecule has 0 saturated carbocycles. The minimum Gasteiger partial charge on any atom is -0.368 e. The fourth-order valence-electron chi connectivity index (χ4n) is 3.62. The Morgan fingerprint density at radius 2 is 1.90 bits per heavy atom. The first-order valence-electron chi connectivity index (χ1n) is 9.71. The van der Waals surface area contributed by atoms with Gasteiger partial charge in [-0.3, -0.25) is 9.59 Å². The van der Waals surface area contributed by atoms with Crippen LogP contribution in [0.3, 0.4) is 0 Å². The maximum absolute atomic E-state index is 12.8. The van der Waals surface area contributed by atoms with Gasteiger partial charge in [0.2, 0.25) is 5.91 Å². The lowest BCUT2D eigenvalue weighted by Gasteiger charge is -2.33. The Morgan fingerprint density at radius 3 is 2.69 bits per heavy atom. The molecule has 0 bridgehead atoms. The molecule has 0 radical (unpaired) electrons. The summed E-state index contributed by atoms with van der Waals surface area (Å²) in [4.78, 5) is 31.7. The molecule has 1 unspecified atom stereocenters. The first-order chi connectivity index (χ1) is 14.2. The number of nitrogens with one attached hydrogen (secondary N) is 1. The number of aromatic nitrogens is 1. The van der Waals surface area contributed by atoms with Gasteiger partial charge in [0, 0.05) is 19.0 Å². The van der Waals surface area contributed by atoms with Gasteiger partial charge in [0.15, 0.2) is 0 Å². The van der Waals surface area contributed by atoms with Crippen molar-refractivity contribution in [3.05, 3.63) is 77.5 Å². The third-order valence-corrected chi connectivity index (χ3v) is 5.15. The Morgan fingerprint density at radius 1 is 1.14 bits per heavy atom. The van der Waals surface area contributed by atoms with Gasteiger partial charge >= 0.3 is 0 Å². The Kier molecular flexibility index (Phi) is 5.53. The van der Waals surface area contributed by atoms with Crippen LogP contribution in [0.5, 0.6) is 0 Å². The molecule has 2 heterocycles. The Bertz CT molecular complexity index is 1040. The van der Waals surface area contributed by atoms with Gasteiger partial charge < -0.3 is 15.0 Å². The van der Waals surface area contributed by atoms with E-state index in [9.17, 15) is 9.59 Å². The van der Waals surface area contributed by atoms with Crippen LogP contribution in [0, 0.1) is 0 Å². The lowest BCUT2D eigenvalue weighted by atomic mass is 10.0. The van der Waals surface area contributed by atoms with E-state index < -0.39 is 0 Å². The Hall–Kier alpha value is -3.25. The molecule has 1 saturated heterocycles. The third kappa shape index (κ3) is 4.12. The van der Waals surface area contributed by atoms with Crippen molar-refractivity contribution in [1.29, 1.82) is 0 Å². The second kappa shape index (κ2) is 8.41. The van der Waals surface area contributed by atoms with Crippen LogP contribution in [0.25, 0.3) is 10.9 Å². The smallest absolute Gasteiger partial charge is 0.251 e. The number of hydrogen-bond acceptors (Lipinski definition) is 4. The number of amides is 2. The zero-order valence-corrected chi connectivity index (χ0v) is 16.3. The average Bonchev–Trinajstić information content (AvgIpc) is 2.78. The molecule has 1 aromatic heterocycles. The number of hydrogen-bond donors (Lipinski definition) is 1. The summed E-state index contributed by atoms with van der Waals surface area (Å²) in [6.45, 7) is 1.41. The molecule has 1 N–H and O–H groups in total. The van der Waals surface area contributed by atoms with Crippen molar-refractivity contribution < 1.29 is 14.3 Å². The minimum atomic E-state index is -0.364. The predicted molar refractivity (Wildman–Crippen MR) is 111 cm³/mol. The van der Waals surface area contributed by atoms with E-state index in [1.165, 1.54) is 0 Å². The first-order valence-corrected chi connectivity index (χ1v) is 9.71. The summed E-state index contributed by atoms with van der Waals surface area (Å²) in [7, 11) is 1.61. The number of rotatable bonds is 4. The quantitative estimate of drug-likeness (QED) is 0.745. The molecule has 1 aliphatic heterocycles. The second-order valence-corrected chi connectivity index (χ2v) is 7.05. The highest BCUT2D eigenvalue weighted by Crippen LogP contribution is 2.26. The van der Waals surface area contributed by atoms with Gasteiger partial charge in [-0.15, -0.1) is 0 Å². The average molecular weight is 389 g/mol. The highest BCUT2D eigenvalue weighted by atomic mass is 16.5. The number of para-hydroxylation sites is 1. The molecule has 1 atom stereocenters. The molecule has 2 aromatic carbocycles. The van der Waals surface area contributed by atoms with Crippen LogP contribution in [0.2, 0.25) is 0 Å². The molecular weight excluding hydrogens is 366 g/mol. The fraction of sp³-hybridized carbons (Fsp3) is 0.261. The fourth-order valence-corrected chi connectivity index (χ4v) is 3.62. The second-order valence-electron chi connectivity index (χ2n) is 7.05. The van der Waals surface area contributed by atoms with E-state index in [0.29, 0.717) is 37.4 Å². The predicted octanol–water partition coefficient (Wildman–Crippen LogP) is 2.74. The molecule has 1 fully saturated rings. The van der Waals surface area contributed by atoms with E-state index in [-0.39, 0.29) is 17.9 Å². The first kappa shape index (κ1) is 19.1. The van der Waals surface area contributed by atoms with Crippen molar-refractivity contribution in [2.45, 2.75) is 12.5 Å². The summed E-state index contributed by atoms with van der Waals surface area (Å²) in [5.74, 6) is -0.102. The Labute approximate surface area is 169 Å². The number of carbonyl (C=O) groups is 2. The van der Waals surface area contributed by atoms with Gasteiger partial charge in [-0.1, -0.05) is 48.5 Å². The highest BCUT2D eigenvalue weighted by Gasteiger charge is 2.27. The molecule has 3 aromatic rings. The monoisotopic (exact) mass is 389 g/mol. The summed E-state index contributed by atoms with van der Waals surface area (Å²) < 4.78 is 5.92. The van der Waals surface area contributed by atoms with Crippen LogP contribution >= 0.6 is 0 Å². The number of nitrogens with zero attached hydrogens (tertiary/aromatic N) is 2. The maximum atomic E-state index is 12.8. The highest BCUT2D eigenvalue weighted by molar-refractivity contribution is 6.06. The minimum absolute atomic E-state index is 0.0665. The van der Waals surface area contributed by atoms with Crippen LogP contribution in [-0.4, -0.2) is 48.4 Å². The van der Waals surface area contributed by atoms with Crippen molar-refractivity contribution in [1.82, 2.24) is 15.2 Å². The summed E-state index contributed by atoms with van der Waals surface area (Å²) >= 11 is 0. The number of morpholine rings is 1. The molecule has 0 aliphatic carbocycles. The largest absolute Gasteiger partial charge is 0.368 e. The van der Waals surface area contributed by atoms with E-state index in [1.807, 2.05) is 59.5 Å². The van der Waals surface area contributed by atoms with Crippen LogP contribution in [0.15, 0.2) is 60.7 Å². The number of fused-ring (bicyclic) bond motifs is 1. The van der Waals surface area contributed by atoms with Crippen molar-refractivity contribution in [3.8, 4) is 0 Å². The summed E-state index contributed by atoms with van der Waals surface area (Å²) in [5.41, 5.74) is 2.95. The van der Waals surface area contributed by atoms with Gasteiger partial charge in [-0.05, 0) is 17.7 Å². The number of pyridine rings is 1. The molecule has 148 valence electrons. The lowest BCUT2D eigenvalue weighted by Crippen LogP contribution is -2.43. The van der Waals surface area contributed by atoms with Crippen molar-refractivity contribution in [3.63, 3.8) is 0 Å². The van der Waals surface area contributed by atoms with Crippen LogP contribution in [0.4, 0.5) is 0 Å². The lowest BCUT2D eigenvalue weighted by molar-refractivity contribution is -0.138. The molecular formula is C23H23N3O3. The molecule has 1 aliphatic rings. The Balaban J connectivity index is 1.58. The summed E-state index contributed by atoms with van der Waals surface area (Å²) in [5, 5.41) is 3.48. The van der Waals surface area contributed by atoms with Gasteiger partial charge in [0.25, 0.3) is 5.91 Å². The molecule has 29 heavy (non-hydrogen) atoms. The topological polar surface area (TPSA) is 71.5 Å². The van der Waals surface area contributed by atoms with Crippen LogP contribution in [0.1, 0.15) is 27.7 Å². The summed E-state index contributed by atoms with van der Waals surface area (Å²) in [6, 6.07) is 19.0. The number of benzene rings is 2. The van der Waals surface area contributed by atoms with Gasteiger partial charge in [0.05, 0.1) is 36.3 Å². The molecule has 2 amide bonds. The molecule has 0 spiro atoms. The van der Waals surface area contributed by atoms with E-state index in [4.69, 9.17) is 9.72 Å². The number of carbonyl (C=O) groups excluding carboxylic acids is 2. The molecule has 4 rings (SSSR count). The molecule has 6 nitrogen and oxygen atoms in total. The third-order valence-electron chi connectivity index (χ3n) is 5.15. The van der Waals surface area contributed by atoms with Crippen molar-refractivity contribution in [2.75, 3.05) is 26.7 Å². The SMILES string of the molecule is CNC(=O)c1cc(C2CN(C(=O)Cc3ccccc3)CCO2)nc2ccccc12. The van der Waals surface area contributed by atoms with E-state index >= 15 is 0 Å². The standard InChI is InChI=1S/C23H23N3O3/c1-24-23(28)18-14-20(25-19-10-6-5-9-17(18)19)21-15-26(11-12-29-21)22(27)13-16-7-3-2-4-8-16/h2-10,14,21H,11-13,15H2,1H3,(H,24,28).